The van der Waals surface area contributed by atoms with Gasteiger partial charge in [0.25, 0.3) is 0 Å². The van der Waals surface area contributed by atoms with Gasteiger partial charge in [-0.3, -0.25) is 4.79 Å². The van der Waals surface area contributed by atoms with Crippen molar-refractivity contribution in [2.24, 2.45) is 4.99 Å². The summed E-state index contributed by atoms with van der Waals surface area (Å²) in [5.74, 6) is 0.193. The molecule has 1 saturated carbocycles. The number of aliphatic imine (C=N–C) groups is 1. The summed E-state index contributed by atoms with van der Waals surface area (Å²) in [6.07, 6.45) is 3.41. The smallest absolute Gasteiger partial charge is 0.177 e. The molecule has 0 saturated heterocycles. The third-order valence-electron chi connectivity index (χ3n) is 4.84. The number of carbonyl (C=O) groups excluding carboxylic acids is 1. The molecule has 0 aliphatic heterocycles. The van der Waals surface area contributed by atoms with Crippen LogP contribution in [-0.2, 0) is 4.79 Å². The Morgan fingerprint density at radius 3 is 1.69 bits per heavy atom. The van der Waals surface area contributed by atoms with E-state index in [1.54, 1.807) is 0 Å². The summed E-state index contributed by atoms with van der Waals surface area (Å²) in [4.78, 5) is 17.3. The van der Waals surface area contributed by atoms with Crippen LogP contribution in [0.15, 0.2) is 83.9 Å². The van der Waals surface area contributed by atoms with Gasteiger partial charge in [-0.2, -0.15) is 0 Å². The second kappa shape index (κ2) is 7.49. The standard InChI is InChI=1S/C24H21NO/c26-23-17-8-7-16-22(23)25-24-20(18-10-3-1-4-11-18)14-9-15-21(24)19-12-5-2-6-13-19/h1-6,9-15H,7-8,16-17H2. The molecule has 1 aliphatic carbocycles. The lowest BCUT2D eigenvalue weighted by atomic mass is 9.94. The summed E-state index contributed by atoms with van der Waals surface area (Å²) >= 11 is 0. The van der Waals surface area contributed by atoms with Gasteiger partial charge in [0.1, 0.15) is 0 Å². The van der Waals surface area contributed by atoms with E-state index < -0.39 is 0 Å². The molecule has 2 nitrogen and oxygen atoms in total. The molecule has 128 valence electrons. The molecule has 0 N–H and O–H groups in total. The second-order valence-corrected chi connectivity index (χ2v) is 6.62. The Morgan fingerprint density at radius 2 is 1.15 bits per heavy atom. The summed E-state index contributed by atoms with van der Waals surface area (Å²) in [6, 6.07) is 26.8. The first-order valence-electron chi connectivity index (χ1n) is 9.17. The number of nitrogens with zero attached hydrogens (tertiary/aromatic N) is 1. The van der Waals surface area contributed by atoms with Gasteiger partial charge in [-0.15, -0.1) is 0 Å². The summed E-state index contributed by atoms with van der Waals surface area (Å²) in [7, 11) is 0. The molecule has 0 bridgehead atoms. The van der Waals surface area contributed by atoms with E-state index in [0.717, 1.165) is 52.9 Å². The van der Waals surface area contributed by atoms with Crippen molar-refractivity contribution in [3.63, 3.8) is 0 Å². The molecule has 1 aliphatic rings. The number of benzene rings is 3. The zero-order chi connectivity index (χ0) is 17.8. The topological polar surface area (TPSA) is 29.4 Å². The third kappa shape index (κ3) is 3.36. The van der Waals surface area contributed by atoms with Gasteiger partial charge >= 0.3 is 0 Å². The van der Waals surface area contributed by atoms with Gasteiger partial charge in [-0.05, 0) is 30.4 Å². The Morgan fingerprint density at radius 1 is 0.615 bits per heavy atom. The molecule has 0 radical (unpaired) electrons. The number of ketones is 1. The molecular formula is C24H21NO. The highest BCUT2D eigenvalue weighted by molar-refractivity contribution is 6.41. The van der Waals surface area contributed by atoms with Gasteiger partial charge in [0.15, 0.2) is 5.78 Å². The monoisotopic (exact) mass is 339 g/mol. The molecule has 3 aromatic rings. The van der Waals surface area contributed by atoms with Gasteiger partial charge in [-0.1, -0.05) is 78.9 Å². The third-order valence-corrected chi connectivity index (χ3v) is 4.84. The molecule has 0 spiro atoms. The second-order valence-electron chi connectivity index (χ2n) is 6.62. The minimum Gasteiger partial charge on any atom is -0.293 e. The SMILES string of the molecule is O=C1CCCCC1=Nc1c(-c2ccccc2)cccc1-c1ccccc1. The molecule has 0 amide bonds. The van der Waals surface area contributed by atoms with Gasteiger partial charge in [0.05, 0.1) is 11.4 Å². The molecule has 0 unspecified atom stereocenters. The predicted octanol–water partition coefficient (Wildman–Crippen LogP) is 6.24. The number of hydrogen-bond acceptors (Lipinski definition) is 2. The Bertz CT molecular complexity index is 885. The van der Waals surface area contributed by atoms with Crippen LogP contribution in [0.2, 0.25) is 0 Å². The summed E-state index contributed by atoms with van der Waals surface area (Å²) in [6.45, 7) is 0. The van der Waals surface area contributed by atoms with Crippen molar-refractivity contribution in [1.82, 2.24) is 0 Å². The summed E-state index contributed by atoms with van der Waals surface area (Å²) in [5.41, 5.74) is 5.99. The Labute approximate surface area is 154 Å². The van der Waals surface area contributed by atoms with E-state index in [1.807, 2.05) is 36.4 Å². The van der Waals surface area contributed by atoms with Crippen LogP contribution in [0.1, 0.15) is 25.7 Å². The zero-order valence-corrected chi connectivity index (χ0v) is 14.7. The Balaban J connectivity index is 1.93. The predicted molar refractivity (Wildman–Crippen MR) is 108 cm³/mol. The average Bonchev–Trinajstić information content (AvgIpc) is 2.71. The fourth-order valence-corrected chi connectivity index (χ4v) is 3.48. The molecule has 1 fully saturated rings. The highest BCUT2D eigenvalue weighted by Gasteiger charge is 2.19. The van der Waals surface area contributed by atoms with Crippen LogP contribution in [0, 0.1) is 0 Å². The maximum atomic E-state index is 12.4. The van der Waals surface area contributed by atoms with Crippen LogP contribution < -0.4 is 0 Å². The number of carbonyl (C=O) groups is 1. The fourth-order valence-electron chi connectivity index (χ4n) is 3.48. The van der Waals surface area contributed by atoms with E-state index in [2.05, 4.69) is 42.5 Å². The van der Waals surface area contributed by atoms with Crippen molar-refractivity contribution in [2.75, 3.05) is 0 Å². The van der Waals surface area contributed by atoms with E-state index >= 15 is 0 Å². The van der Waals surface area contributed by atoms with Crippen LogP contribution in [0.25, 0.3) is 22.3 Å². The lowest BCUT2D eigenvalue weighted by Crippen LogP contribution is -2.18. The molecule has 0 aromatic heterocycles. The molecule has 4 rings (SSSR count). The van der Waals surface area contributed by atoms with E-state index in [9.17, 15) is 4.79 Å². The molecular weight excluding hydrogens is 318 g/mol. The van der Waals surface area contributed by atoms with Gasteiger partial charge < -0.3 is 0 Å². The Kier molecular flexibility index (Phi) is 4.74. The van der Waals surface area contributed by atoms with Crippen molar-refractivity contribution in [3.05, 3.63) is 78.9 Å². The number of hydrogen-bond donors (Lipinski definition) is 0. The molecule has 3 aromatic carbocycles. The van der Waals surface area contributed by atoms with Crippen molar-refractivity contribution in [2.45, 2.75) is 25.7 Å². The lowest BCUT2D eigenvalue weighted by Gasteiger charge is -2.16. The maximum Gasteiger partial charge on any atom is 0.177 e. The number of rotatable bonds is 3. The van der Waals surface area contributed by atoms with Gasteiger partial charge in [0.2, 0.25) is 0 Å². The normalized spacial score (nSPS) is 16.0. The zero-order valence-electron chi connectivity index (χ0n) is 14.7. The first-order chi connectivity index (χ1) is 12.8. The van der Waals surface area contributed by atoms with Crippen molar-refractivity contribution in [1.29, 1.82) is 0 Å². The molecule has 0 atom stereocenters. The maximum absolute atomic E-state index is 12.4. The lowest BCUT2D eigenvalue weighted by molar-refractivity contribution is -0.113. The summed E-state index contributed by atoms with van der Waals surface area (Å²) in [5, 5.41) is 0. The van der Waals surface area contributed by atoms with Crippen LogP contribution in [-0.4, -0.2) is 11.5 Å². The van der Waals surface area contributed by atoms with Crippen molar-refractivity contribution >= 4 is 17.2 Å². The average molecular weight is 339 g/mol. The van der Waals surface area contributed by atoms with Gasteiger partial charge in [0, 0.05) is 17.5 Å². The molecule has 0 heterocycles. The minimum atomic E-state index is 0.193. The first kappa shape index (κ1) is 16.5. The van der Waals surface area contributed by atoms with E-state index in [0.29, 0.717) is 6.42 Å². The molecule has 26 heavy (non-hydrogen) atoms. The van der Waals surface area contributed by atoms with Crippen molar-refractivity contribution < 1.29 is 4.79 Å². The van der Waals surface area contributed by atoms with E-state index in [-0.39, 0.29) is 5.78 Å². The fraction of sp³-hybridized carbons (Fsp3) is 0.167. The Hall–Kier alpha value is -3.00. The minimum absolute atomic E-state index is 0.193. The number of para-hydroxylation sites is 1. The van der Waals surface area contributed by atoms with E-state index in [1.165, 1.54) is 0 Å². The largest absolute Gasteiger partial charge is 0.293 e. The van der Waals surface area contributed by atoms with Crippen LogP contribution in [0.4, 0.5) is 5.69 Å². The van der Waals surface area contributed by atoms with Gasteiger partial charge in [-0.25, -0.2) is 4.99 Å². The van der Waals surface area contributed by atoms with Crippen LogP contribution >= 0.6 is 0 Å². The quantitative estimate of drug-likeness (QED) is 0.555. The first-order valence-corrected chi connectivity index (χ1v) is 9.17. The number of Topliss-reactive ketones (excluding diaryl/α,β-unsaturated/α-hetero) is 1. The highest BCUT2D eigenvalue weighted by atomic mass is 16.1. The van der Waals surface area contributed by atoms with Crippen LogP contribution in [0.3, 0.4) is 0 Å². The summed E-state index contributed by atoms with van der Waals surface area (Å²) < 4.78 is 0. The van der Waals surface area contributed by atoms with Crippen LogP contribution in [0.5, 0.6) is 0 Å². The van der Waals surface area contributed by atoms with Crippen molar-refractivity contribution in [3.8, 4) is 22.3 Å². The van der Waals surface area contributed by atoms with E-state index in [4.69, 9.17) is 4.99 Å². The molecule has 2 heteroatoms. The highest BCUT2D eigenvalue weighted by Crippen LogP contribution is 2.39.